The van der Waals surface area contributed by atoms with E-state index in [0.717, 1.165) is 66.4 Å². The minimum Gasteiger partial charge on any atom is -0.397 e. The van der Waals surface area contributed by atoms with Gasteiger partial charge in [-0.1, -0.05) is 54.6 Å². The van der Waals surface area contributed by atoms with E-state index in [1.165, 1.54) is 0 Å². The number of nitrogens with zero attached hydrogens (tertiary/aromatic N) is 6. The van der Waals surface area contributed by atoms with Crippen molar-refractivity contribution in [2.24, 2.45) is 0 Å². The van der Waals surface area contributed by atoms with E-state index in [-0.39, 0.29) is 5.78 Å². The largest absolute Gasteiger partial charge is 0.397 e. The number of rotatable bonds is 15. The monoisotopic (exact) mass is 642 g/mol. The molecule has 2 heterocycles. The van der Waals surface area contributed by atoms with E-state index >= 15 is 0 Å². The molecule has 0 radical (unpaired) electrons. The lowest BCUT2D eigenvalue weighted by molar-refractivity contribution is 0.104. The molecule has 4 N–H and O–H groups in total. The normalized spacial score (nSPS) is 11.2. The van der Waals surface area contributed by atoms with E-state index in [2.05, 4.69) is 69.9 Å². The maximum Gasteiger partial charge on any atom is 0.195 e. The second-order valence-electron chi connectivity index (χ2n) is 12.4. The SMILES string of the molecule is CN(C)CCCN(c1cnccc1N)c1ccccc1C(=O)c1ccccc1-c1ccccc1N(CCCN(C)C)c1cnccc1N. The zero-order chi connectivity index (χ0) is 34.0. The second kappa shape index (κ2) is 16.0. The van der Waals surface area contributed by atoms with Gasteiger partial charge in [-0.3, -0.25) is 14.8 Å². The van der Waals surface area contributed by atoms with E-state index in [4.69, 9.17) is 11.5 Å². The molecule has 0 fully saturated rings. The summed E-state index contributed by atoms with van der Waals surface area (Å²) in [6, 6.07) is 27.4. The molecule has 0 saturated heterocycles. The molecule has 0 spiro atoms. The van der Waals surface area contributed by atoms with Crippen LogP contribution in [0.3, 0.4) is 0 Å². The fourth-order valence-electron chi connectivity index (χ4n) is 5.98. The van der Waals surface area contributed by atoms with E-state index in [0.29, 0.717) is 29.0 Å². The van der Waals surface area contributed by atoms with Crippen LogP contribution in [0.4, 0.5) is 34.1 Å². The Morgan fingerprint density at radius 2 is 1.00 bits per heavy atom. The van der Waals surface area contributed by atoms with Gasteiger partial charge in [0.25, 0.3) is 0 Å². The lowest BCUT2D eigenvalue weighted by Crippen LogP contribution is -2.26. The number of pyridine rings is 2. The summed E-state index contributed by atoms with van der Waals surface area (Å²) in [7, 11) is 8.26. The Hall–Kier alpha value is -5.25. The van der Waals surface area contributed by atoms with E-state index in [9.17, 15) is 4.79 Å². The maximum atomic E-state index is 14.8. The van der Waals surface area contributed by atoms with Gasteiger partial charge in [0.2, 0.25) is 0 Å². The molecule has 5 aromatic rings. The molecule has 3 aromatic carbocycles. The topological polar surface area (TPSA) is 108 Å². The fourth-order valence-corrected chi connectivity index (χ4v) is 5.98. The molecule has 0 amide bonds. The highest BCUT2D eigenvalue weighted by Gasteiger charge is 2.24. The van der Waals surface area contributed by atoms with E-state index in [1.807, 2.05) is 72.9 Å². The second-order valence-corrected chi connectivity index (χ2v) is 12.4. The number of para-hydroxylation sites is 2. The summed E-state index contributed by atoms with van der Waals surface area (Å²) in [6.07, 6.45) is 8.75. The van der Waals surface area contributed by atoms with Crippen molar-refractivity contribution >= 4 is 39.9 Å². The Kier molecular flexibility index (Phi) is 11.4. The van der Waals surface area contributed by atoms with Crippen molar-refractivity contribution in [1.82, 2.24) is 19.8 Å². The molecule has 0 atom stereocenters. The third-order valence-electron chi connectivity index (χ3n) is 8.32. The van der Waals surface area contributed by atoms with Crippen molar-refractivity contribution < 1.29 is 4.79 Å². The van der Waals surface area contributed by atoms with Gasteiger partial charge in [0.1, 0.15) is 0 Å². The predicted molar refractivity (Wildman–Crippen MR) is 199 cm³/mol. The van der Waals surface area contributed by atoms with Gasteiger partial charge in [0, 0.05) is 47.9 Å². The summed E-state index contributed by atoms with van der Waals surface area (Å²) in [6.45, 7) is 3.19. The van der Waals surface area contributed by atoms with Crippen LogP contribution in [-0.4, -0.2) is 79.9 Å². The molecule has 5 rings (SSSR count). The van der Waals surface area contributed by atoms with Crippen molar-refractivity contribution in [3.8, 4) is 11.1 Å². The zero-order valence-corrected chi connectivity index (χ0v) is 28.4. The van der Waals surface area contributed by atoms with Gasteiger partial charge in [0.15, 0.2) is 5.78 Å². The fraction of sp³-hybridized carbons (Fsp3) is 0.256. The maximum absolute atomic E-state index is 14.8. The number of carbonyl (C=O) groups excluding carboxylic acids is 1. The number of anilines is 6. The Balaban J connectivity index is 1.60. The van der Waals surface area contributed by atoms with Crippen LogP contribution in [0.2, 0.25) is 0 Å². The molecule has 0 bridgehead atoms. The summed E-state index contributed by atoms with van der Waals surface area (Å²) < 4.78 is 0. The molecule has 0 saturated carbocycles. The molecule has 48 heavy (non-hydrogen) atoms. The van der Waals surface area contributed by atoms with Gasteiger partial charge in [-0.25, -0.2) is 0 Å². The number of nitrogens with two attached hydrogens (primary N) is 2. The van der Waals surface area contributed by atoms with Crippen molar-refractivity contribution in [2.75, 3.05) is 75.6 Å². The molecule has 0 aliphatic heterocycles. The minimum atomic E-state index is -0.0730. The average Bonchev–Trinajstić information content (AvgIpc) is 3.09. The quantitative estimate of drug-likeness (QED) is 0.120. The first-order chi connectivity index (χ1) is 23.3. The van der Waals surface area contributed by atoms with Crippen molar-refractivity contribution in [3.05, 3.63) is 121 Å². The van der Waals surface area contributed by atoms with Crippen LogP contribution in [-0.2, 0) is 0 Å². The summed E-state index contributed by atoms with van der Waals surface area (Å²) in [5, 5.41) is 0. The number of hydrogen-bond donors (Lipinski definition) is 2. The van der Waals surface area contributed by atoms with E-state index in [1.54, 1.807) is 24.7 Å². The molecular formula is C39H46N8O. The standard InChI is InChI=1S/C39H46N8O/c1-44(2)23-11-25-46(37-27-42-21-19-33(37)40)35-17-9-7-14-30(35)29-13-5-6-15-31(29)39(48)32-16-8-10-18-36(32)47(26-12-24-45(3)4)38-28-43-22-20-34(38)41/h5-10,13-22,27-28H,11-12,23-26H2,1-4H3,(H2,40,42)(H2,41,43). The lowest BCUT2D eigenvalue weighted by atomic mass is 9.91. The Morgan fingerprint density at radius 1 is 0.542 bits per heavy atom. The van der Waals surface area contributed by atoms with Gasteiger partial charge < -0.3 is 31.1 Å². The molecule has 0 aliphatic rings. The van der Waals surface area contributed by atoms with Crippen LogP contribution in [0.15, 0.2) is 110 Å². The summed E-state index contributed by atoms with van der Waals surface area (Å²) >= 11 is 0. The number of hydrogen-bond acceptors (Lipinski definition) is 9. The highest BCUT2D eigenvalue weighted by molar-refractivity contribution is 6.16. The first-order valence-corrected chi connectivity index (χ1v) is 16.3. The Bertz CT molecular complexity index is 1820. The lowest BCUT2D eigenvalue weighted by Gasteiger charge is -2.29. The molecule has 9 heteroatoms. The van der Waals surface area contributed by atoms with Crippen LogP contribution in [0.1, 0.15) is 28.8 Å². The van der Waals surface area contributed by atoms with Gasteiger partial charge in [-0.2, -0.15) is 0 Å². The van der Waals surface area contributed by atoms with Crippen molar-refractivity contribution in [1.29, 1.82) is 0 Å². The van der Waals surface area contributed by atoms with Crippen LogP contribution in [0.5, 0.6) is 0 Å². The van der Waals surface area contributed by atoms with Crippen LogP contribution in [0.25, 0.3) is 11.1 Å². The third kappa shape index (κ3) is 7.99. The summed E-state index contributed by atoms with van der Waals surface area (Å²) in [4.78, 5) is 32.2. The molecule has 0 aliphatic carbocycles. The van der Waals surface area contributed by atoms with Gasteiger partial charge >= 0.3 is 0 Å². The third-order valence-corrected chi connectivity index (χ3v) is 8.32. The van der Waals surface area contributed by atoms with Gasteiger partial charge in [-0.05, 0) is 90.0 Å². The minimum absolute atomic E-state index is 0.0730. The highest BCUT2D eigenvalue weighted by atomic mass is 16.1. The number of ketones is 1. The average molecular weight is 643 g/mol. The van der Waals surface area contributed by atoms with Crippen LogP contribution < -0.4 is 21.3 Å². The van der Waals surface area contributed by atoms with Gasteiger partial charge in [0.05, 0.1) is 40.8 Å². The zero-order valence-electron chi connectivity index (χ0n) is 28.4. The number of aromatic nitrogens is 2. The first kappa shape index (κ1) is 34.1. The number of benzene rings is 3. The first-order valence-electron chi connectivity index (χ1n) is 16.3. The summed E-state index contributed by atoms with van der Waals surface area (Å²) in [5.74, 6) is -0.0730. The Labute approximate surface area is 284 Å². The van der Waals surface area contributed by atoms with Crippen LogP contribution >= 0.6 is 0 Å². The summed E-state index contributed by atoms with van der Waals surface area (Å²) in [5.41, 5.74) is 20.6. The van der Waals surface area contributed by atoms with E-state index < -0.39 is 0 Å². The number of nitrogen functional groups attached to an aromatic ring is 2. The number of carbonyl (C=O) groups is 1. The molecular weight excluding hydrogens is 596 g/mol. The Morgan fingerprint density at radius 3 is 1.54 bits per heavy atom. The van der Waals surface area contributed by atoms with Gasteiger partial charge in [-0.15, -0.1) is 0 Å². The smallest absolute Gasteiger partial charge is 0.195 e. The molecule has 2 aromatic heterocycles. The molecule has 248 valence electrons. The van der Waals surface area contributed by atoms with Crippen molar-refractivity contribution in [3.63, 3.8) is 0 Å². The molecule has 9 nitrogen and oxygen atoms in total. The van der Waals surface area contributed by atoms with Crippen LogP contribution in [0, 0.1) is 0 Å². The highest BCUT2D eigenvalue weighted by Crippen LogP contribution is 2.40. The predicted octanol–water partition coefficient (Wildman–Crippen LogP) is 6.72. The van der Waals surface area contributed by atoms with Crippen molar-refractivity contribution in [2.45, 2.75) is 12.8 Å². The molecule has 0 unspecified atom stereocenters.